The Morgan fingerprint density at radius 2 is 2.37 bits per heavy atom. The molecule has 0 aromatic carbocycles. The molecule has 0 aliphatic carbocycles. The minimum atomic E-state index is -0.374. The van der Waals surface area contributed by atoms with Gasteiger partial charge in [0.1, 0.15) is 5.69 Å². The molecule has 0 bridgehead atoms. The molecule has 1 aliphatic rings. The smallest absolute Gasteiger partial charge is 0.333 e. The van der Waals surface area contributed by atoms with Gasteiger partial charge in [0.2, 0.25) is 5.82 Å². The van der Waals surface area contributed by atoms with E-state index >= 15 is 0 Å². The molecule has 7 nitrogen and oxygen atoms in total. The van der Waals surface area contributed by atoms with Crippen molar-refractivity contribution >= 4 is 11.5 Å². The molecule has 1 N–H and O–H groups in total. The van der Waals surface area contributed by atoms with E-state index in [1.807, 2.05) is 20.8 Å². The summed E-state index contributed by atoms with van der Waals surface area (Å²) in [5.41, 5.74) is 0.191. The molecule has 1 saturated heterocycles. The molecule has 0 amide bonds. The zero-order valence-electron chi connectivity index (χ0n) is 11.8. The first-order valence-electron chi connectivity index (χ1n) is 6.50. The van der Waals surface area contributed by atoms with Crippen LogP contribution in [0.15, 0.2) is 0 Å². The number of nitrogens with zero attached hydrogens (tertiary/aromatic N) is 3. The molecule has 7 heteroatoms. The molecule has 106 valence electrons. The Bertz CT molecular complexity index is 499. The molecule has 2 atom stereocenters. The number of hydrogen-bond acceptors (Lipinski definition) is 5. The number of aryl methyl sites for hydroxylation is 2. The van der Waals surface area contributed by atoms with E-state index in [-0.39, 0.29) is 22.3 Å². The lowest BCUT2D eigenvalue weighted by atomic mass is 9.94. The second-order valence-corrected chi connectivity index (χ2v) is 5.16. The summed E-state index contributed by atoms with van der Waals surface area (Å²) in [7, 11) is 0. The number of hydrogen-bond donors (Lipinski definition) is 1. The molecule has 1 aliphatic heterocycles. The maximum atomic E-state index is 11.2. The van der Waals surface area contributed by atoms with Crippen molar-refractivity contribution in [1.82, 2.24) is 9.78 Å². The highest BCUT2D eigenvalue weighted by atomic mass is 16.6. The Hall–Kier alpha value is -1.63. The van der Waals surface area contributed by atoms with Gasteiger partial charge in [0.15, 0.2) is 0 Å². The van der Waals surface area contributed by atoms with Crippen LogP contribution in [-0.2, 0) is 11.3 Å². The van der Waals surface area contributed by atoms with Crippen molar-refractivity contribution in [1.29, 1.82) is 0 Å². The van der Waals surface area contributed by atoms with Gasteiger partial charge in [-0.15, -0.1) is 0 Å². The Kier molecular flexibility index (Phi) is 3.49. The van der Waals surface area contributed by atoms with Crippen LogP contribution in [-0.4, -0.2) is 33.0 Å². The van der Waals surface area contributed by atoms with Gasteiger partial charge in [-0.25, -0.2) is 4.68 Å². The maximum Gasteiger partial charge on any atom is 0.333 e. The van der Waals surface area contributed by atoms with Crippen LogP contribution in [0.1, 0.15) is 32.9 Å². The highest BCUT2D eigenvalue weighted by molar-refractivity contribution is 5.61. The van der Waals surface area contributed by atoms with E-state index in [9.17, 15) is 10.1 Å². The lowest BCUT2D eigenvalue weighted by molar-refractivity contribution is -0.384. The highest BCUT2D eigenvalue weighted by Gasteiger charge is 2.40. The molecule has 1 aromatic heterocycles. The van der Waals surface area contributed by atoms with Crippen LogP contribution in [0.4, 0.5) is 11.5 Å². The van der Waals surface area contributed by atoms with Crippen molar-refractivity contribution < 1.29 is 9.66 Å². The molecule has 1 aromatic rings. The molecule has 0 radical (unpaired) electrons. The van der Waals surface area contributed by atoms with Crippen LogP contribution in [0.25, 0.3) is 0 Å². The van der Waals surface area contributed by atoms with E-state index < -0.39 is 0 Å². The summed E-state index contributed by atoms with van der Waals surface area (Å²) in [5.74, 6) is 0.477. The van der Waals surface area contributed by atoms with Gasteiger partial charge in [0, 0.05) is 13.2 Å². The Balaban J connectivity index is 2.41. The average Bonchev–Trinajstić information content (AvgIpc) is 2.81. The Morgan fingerprint density at radius 1 is 1.68 bits per heavy atom. The molecular formula is C12H20N4O3. The minimum absolute atomic E-state index is 0.00705. The molecule has 2 unspecified atom stereocenters. The van der Waals surface area contributed by atoms with E-state index in [1.165, 1.54) is 0 Å². The van der Waals surface area contributed by atoms with Gasteiger partial charge >= 0.3 is 5.69 Å². The number of nitro groups is 1. The summed E-state index contributed by atoms with van der Waals surface area (Å²) >= 11 is 0. The fourth-order valence-electron chi connectivity index (χ4n) is 2.41. The van der Waals surface area contributed by atoms with E-state index in [1.54, 1.807) is 11.6 Å². The SMILES string of the molecule is CCn1nc(C)c([N+](=O)[O-])c1NC1(C)CCOC1C. The van der Waals surface area contributed by atoms with Crippen LogP contribution >= 0.6 is 0 Å². The van der Waals surface area contributed by atoms with Gasteiger partial charge in [-0.3, -0.25) is 10.1 Å². The second kappa shape index (κ2) is 4.80. The monoisotopic (exact) mass is 268 g/mol. The highest BCUT2D eigenvalue weighted by Crippen LogP contribution is 2.35. The minimum Gasteiger partial charge on any atom is -0.376 e. The third kappa shape index (κ3) is 2.30. The summed E-state index contributed by atoms with van der Waals surface area (Å²) in [6, 6.07) is 0. The van der Waals surface area contributed by atoms with E-state index in [4.69, 9.17) is 4.74 Å². The first kappa shape index (κ1) is 13.8. The molecule has 2 rings (SSSR count). The van der Waals surface area contributed by atoms with Gasteiger partial charge in [-0.05, 0) is 34.1 Å². The topological polar surface area (TPSA) is 82.2 Å². The summed E-state index contributed by atoms with van der Waals surface area (Å²) in [6.45, 7) is 8.83. The summed E-state index contributed by atoms with van der Waals surface area (Å²) in [4.78, 5) is 10.8. The van der Waals surface area contributed by atoms with Crippen LogP contribution in [0.5, 0.6) is 0 Å². The lowest BCUT2D eigenvalue weighted by Gasteiger charge is -2.29. The number of nitrogens with one attached hydrogen (secondary N) is 1. The molecule has 0 saturated carbocycles. The first-order valence-corrected chi connectivity index (χ1v) is 6.50. The molecule has 0 spiro atoms. The predicted molar refractivity (Wildman–Crippen MR) is 71.4 cm³/mol. The van der Waals surface area contributed by atoms with E-state index in [2.05, 4.69) is 10.4 Å². The Labute approximate surface area is 112 Å². The number of rotatable bonds is 4. The van der Waals surface area contributed by atoms with Gasteiger partial charge in [0.25, 0.3) is 0 Å². The van der Waals surface area contributed by atoms with Crippen LogP contribution < -0.4 is 5.32 Å². The van der Waals surface area contributed by atoms with Gasteiger partial charge in [0.05, 0.1) is 16.6 Å². The predicted octanol–water partition coefficient (Wildman–Crippen LogP) is 2.10. The largest absolute Gasteiger partial charge is 0.376 e. The zero-order valence-corrected chi connectivity index (χ0v) is 11.8. The van der Waals surface area contributed by atoms with Gasteiger partial charge in [-0.1, -0.05) is 0 Å². The molecular weight excluding hydrogens is 248 g/mol. The zero-order chi connectivity index (χ0) is 14.2. The molecule has 1 fully saturated rings. The van der Waals surface area contributed by atoms with E-state index in [0.717, 1.165) is 6.42 Å². The van der Waals surface area contributed by atoms with Crippen molar-refractivity contribution in [2.45, 2.75) is 52.3 Å². The summed E-state index contributed by atoms with van der Waals surface area (Å²) in [5, 5.41) is 18.7. The van der Waals surface area contributed by atoms with Crippen LogP contribution in [0.3, 0.4) is 0 Å². The third-order valence-electron chi connectivity index (χ3n) is 3.87. The van der Waals surface area contributed by atoms with Crippen molar-refractivity contribution in [3.05, 3.63) is 15.8 Å². The fraction of sp³-hybridized carbons (Fsp3) is 0.750. The number of ether oxygens (including phenoxy) is 1. The first-order chi connectivity index (χ1) is 8.89. The average molecular weight is 268 g/mol. The normalized spacial score (nSPS) is 26.6. The molecule has 19 heavy (non-hydrogen) atoms. The quantitative estimate of drug-likeness (QED) is 0.668. The van der Waals surface area contributed by atoms with Gasteiger partial charge in [-0.2, -0.15) is 5.10 Å². The van der Waals surface area contributed by atoms with Crippen LogP contribution in [0, 0.1) is 17.0 Å². The van der Waals surface area contributed by atoms with Crippen molar-refractivity contribution in [2.75, 3.05) is 11.9 Å². The van der Waals surface area contributed by atoms with Crippen molar-refractivity contribution in [2.24, 2.45) is 0 Å². The third-order valence-corrected chi connectivity index (χ3v) is 3.87. The number of aromatic nitrogens is 2. The Morgan fingerprint density at radius 3 is 2.84 bits per heavy atom. The van der Waals surface area contributed by atoms with Crippen molar-refractivity contribution in [3.63, 3.8) is 0 Å². The van der Waals surface area contributed by atoms with E-state index in [0.29, 0.717) is 24.7 Å². The lowest BCUT2D eigenvalue weighted by Crippen LogP contribution is -2.42. The fourth-order valence-corrected chi connectivity index (χ4v) is 2.41. The maximum absolute atomic E-state index is 11.2. The van der Waals surface area contributed by atoms with Gasteiger partial charge < -0.3 is 10.1 Å². The van der Waals surface area contributed by atoms with Crippen LogP contribution in [0.2, 0.25) is 0 Å². The summed E-state index contributed by atoms with van der Waals surface area (Å²) < 4.78 is 7.20. The van der Waals surface area contributed by atoms with Crippen molar-refractivity contribution in [3.8, 4) is 0 Å². The summed E-state index contributed by atoms with van der Waals surface area (Å²) in [6.07, 6.45) is 0.826. The number of anilines is 1. The molecule has 2 heterocycles. The second-order valence-electron chi connectivity index (χ2n) is 5.16. The standard InChI is InChI=1S/C12H20N4O3/c1-5-15-11(10(16(17)18)8(2)14-15)13-12(4)6-7-19-9(12)3/h9,13H,5-7H2,1-4H3.